The van der Waals surface area contributed by atoms with Crippen LogP contribution in [0.1, 0.15) is 11.1 Å². The molecule has 1 nitrogen and oxygen atoms in total. The average molecular weight is 282 g/mol. The van der Waals surface area contributed by atoms with Gasteiger partial charge in [-0.05, 0) is 29.8 Å². The Kier molecular flexibility index (Phi) is 3.90. The van der Waals surface area contributed by atoms with Gasteiger partial charge in [0.25, 0.3) is 0 Å². The normalized spacial score (nSPS) is 11.6. The van der Waals surface area contributed by atoms with Crippen molar-refractivity contribution in [2.45, 2.75) is 0 Å². The van der Waals surface area contributed by atoms with E-state index in [1.807, 2.05) is 0 Å². The molecule has 0 aliphatic rings. The molecule has 2 aromatic carbocycles. The Morgan fingerprint density at radius 3 is 2.39 bits per heavy atom. The molecule has 0 spiro atoms. The molecule has 0 fully saturated rings. The minimum atomic E-state index is -0.476. The number of benzene rings is 2. The highest BCUT2D eigenvalue weighted by atomic mass is 35.5. The van der Waals surface area contributed by atoms with E-state index in [2.05, 4.69) is 0 Å². The highest BCUT2D eigenvalue weighted by Gasteiger charge is 2.05. The second-order valence-corrected chi connectivity index (χ2v) is 4.59. The van der Waals surface area contributed by atoms with E-state index in [1.165, 1.54) is 6.07 Å². The summed E-state index contributed by atoms with van der Waals surface area (Å²) < 4.78 is 13.7. The molecule has 0 unspecified atom stereocenters. The first-order valence-electron chi connectivity index (χ1n) is 5.25. The molecular weight excluding hydrogens is 272 g/mol. The first kappa shape index (κ1) is 12.9. The number of hydrogen-bond acceptors (Lipinski definition) is 1. The molecular formula is C14H10Cl2FN. The van der Waals surface area contributed by atoms with E-state index >= 15 is 0 Å². The summed E-state index contributed by atoms with van der Waals surface area (Å²) >= 11 is 11.5. The van der Waals surface area contributed by atoms with Crippen molar-refractivity contribution in [1.82, 2.24) is 0 Å². The van der Waals surface area contributed by atoms with Gasteiger partial charge < -0.3 is 5.73 Å². The monoisotopic (exact) mass is 281 g/mol. The van der Waals surface area contributed by atoms with Crippen molar-refractivity contribution in [1.29, 1.82) is 0 Å². The molecule has 92 valence electrons. The Balaban J connectivity index is 2.38. The van der Waals surface area contributed by atoms with E-state index < -0.39 is 5.82 Å². The molecule has 0 heterocycles. The van der Waals surface area contributed by atoms with Crippen LogP contribution in [-0.2, 0) is 0 Å². The Labute approximate surface area is 115 Å². The lowest BCUT2D eigenvalue weighted by Gasteiger charge is -2.04. The van der Waals surface area contributed by atoms with Crippen LogP contribution in [0.15, 0.2) is 42.5 Å². The number of nitrogens with two attached hydrogens (primary N) is 1. The van der Waals surface area contributed by atoms with E-state index in [4.69, 9.17) is 28.9 Å². The zero-order valence-electron chi connectivity index (χ0n) is 9.33. The first-order chi connectivity index (χ1) is 8.58. The fourth-order valence-corrected chi connectivity index (χ4v) is 1.83. The van der Waals surface area contributed by atoms with Gasteiger partial charge in [-0.3, -0.25) is 0 Å². The molecule has 0 aromatic heterocycles. The zero-order chi connectivity index (χ0) is 13.1. The van der Waals surface area contributed by atoms with Crippen LogP contribution >= 0.6 is 23.2 Å². The number of hydrogen-bond donors (Lipinski definition) is 1. The van der Waals surface area contributed by atoms with E-state index in [0.29, 0.717) is 16.3 Å². The zero-order valence-corrected chi connectivity index (χ0v) is 10.8. The van der Waals surface area contributed by atoms with Gasteiger partial charge in [0.05, 0.1) is 5.02 Å². The van der Waals surface area contributed by atoms with Gasteiger partial charge in [-0.15, -0.1) is 0 Å². The third-order valence-electron chi connectivity index (χ3n) is 2.47. The molecule has 0 aliphatic heterocycles. The molecule has 2 rings (SSSR count). The highest BCUT2D eigenvalue weighted by Crippen LogP contribution is 2.22. The van der Waals surface area contributed by atoms with Gasteiger partial charge in [0.2, 0.25) is 0 Å². The second kappa shape index (κ2) is 5.42. The van der Waals surface area contributed by atoms with Gasteiger partial charge in [0.1, 0.15) is 5.82 Å². The van der Waals surface area contributed by atoms with Crippen LogP contribution in [0.3, 0.4) is 0 Å². The molecule has 18 heavy (non-hydrogen) atoms. The predicted octanol–water partition coefficient (Wildman–Crippen LogP) is 4.59. The van der Waals surface area contributed by atoms with Crippen LogP contribution in [0.25, 0.3) is 11.8 Å². The lowest BCUT2D eigenvalue weighted by Crippen LogP contribution is -1.96. The molecule has 0 saturated heterocycles. The van der Waals surface area contributed by atoms with Crippen molar-refractivity contribution in [3.8, 4) is 0 Å². The minimum absolute atomic E-state index is 0.0765. The van der Waals surface area contributed by atoms with Gasteiger partial charge >= 0.3 is 0 Å². The van der Waals surface area contributed by atoms with Crippen LogP contribution in [0.4, 0.5) is 4.39 Å². The average Bonchev–Trinajstić information content (AvgIpc) is 2.36. The Hall–Kier alpha value is -1.51. The van der Waals surface area contributed by atoms with Crippen molar-refractivity contribution in [3.63, 3.8) is 0 Å². The molecule has 0 amide bonds. The van der Waals surface area contributed by atoms with Gasteiger partial charge in [0, 0.05) is 16.3 Å². The molecule has 2 aromatic rings. The van der Waals surface area contributed by atoms with Crippen LogP contribution < -0.4 is 5.73 Å². The SMILES string of the molecule is N/C(=C\c1cccc(Cl)c1F)c1ccc(Cl)cc1. The minimum Gasteiger partial charge on any atom is -0.398 e. The Bertz CT molecular complexity index is 591. The molecule has 0 bridgehead atoms. The maximum absolute atomic E-state index is 13.7. The molecule has 2 N–H and O–H groups in total. The molecule has 0 aliphatic carbocycles. The number of halogens is 3. The van der Waals surface area contributed by atoms with E-state index in [9.17, 15) is 4.39 Å². The summed E-state index contributed by atoms with van der Waals surface area (Å²) in [7, 11) is 0. The standard InChI is InChI=1S/C14H10Cl2FN/c15-11-6-4-9(5-7-11)13(18)8-10-2-1-3-12(16)14(10)17/h1-8H,18H2/b13-8-. The van der Waals surface area contributed by atoms with Crippen molar-refractivity contribution in [2.24, 2.45) is 5.73 Å². The Morgan fingerprint density at radius 2 is 1.72 bits per heavy atom. The summed E-state index contributed by atoms with van der Waals surface area (Å²) in [5.74, 6) is -0.476. The third-order valence-corrected chi connectivity index (χ3v) is 3.01. The lowest BCUT2D eigenvalue weighted by atomic mass is 10.1. The fourth-order valence-electron chi connectivity index (χ4n) is 1.53. The molecule has 0 radical (unpaired) electrons. The van der Waals surface area contributed by atoms with E-state index in [0.717, 1.165) is 5.56 Å². The van der Waals surface area contributed by atoms with Gasteiger partial charge in [0.15, 0.2) is 0 Å². The van der Waals surface area contributed by atoms with E-state index in [-0.39, 0.29) is 5.02 Å². The van der Waals surface area contributed by atoms with Crippen molar-refractivity contribution in [2.75, 3.05) is 0 Å². The van der Waals surface area contributed by atoms with Gasteiger partial charge in [-0.25, -0.2) is 4.39 Å². The smallest absolute Gasteiger partial charge is 0.149 e. The van der Waals surface area contributed by atoms with Crippen LogP contribution in [-0.4, -0.2) is 0 Å². The summed E-state index contributed by atoms with van der Waals surface area (Å²) in [6, 6.07) is 11.8. The quantitative estimate of drug-likeness (QED) is 0.801. The van der Waals surface area contributed by atoms with Crippen LogP contribution in [0.5, 0.6) is 0 Å². The van der Waals surface area contributed by atoms with Crippen molar-refractivity contribution in [3.05, 3.63) is 69.5 Å². The largest absolute Gasteiger partial charge is 0.398 e. The van der Waals surface area contributed by atoms with Crippen LogP contribution in [0, 0.1) is 5.82 Å². The third kappa shape index (κ3) is 2.84. The first-order valence-corrected chi connectivity index (χ1v) is 6.00. The molecule has 0 atom stereocenters. The summed E-state index contributed by atoms with van der Waals surface area (Å²) in [6.45, 7) is 0. The highest BCUT2D eigenvalue weighted by molar-refractivity contribution is 6.31. The van der Waals surface area contributed by atoms with E-state index in [1.54, 1.807) is 42.5 Å². The van der Waals surface area contributed by atoms with Crippen molar-refractivity contribution >= 4 is 35.0 Å². The Morgan fingerprint density at radius 1 is 1.06 bits per heavy atom. The second-order valence-electron chi connectivity index (χ2n) is 3.75. The fraction of sp³-hybridized carbons (Fsp3) is 0. The van der Waals surface area contributed by atoms with Gasteiger partial charge in [-0.2, -0.15) is 0 Å². The summed E-state index contributed by atoms with van der Waals surface area (Å²) in [6.07, 6.45) is 1.55. The topological polar surface area (TPSA) is 26.0 Å². The van der Waals surface area contributed by atoms with Crippen molar-refractivity contribution < 1.29 is 4.39 Å². The maximum atomic E-state index is 13.7. The van der Waals surface area contributed by atoms with Gasteiger partial charge in [-0.1, -0.05) is 47.5 Å². The lowest BCUT2D eigenvalue weighted by molar-refractivity contribution is 0.625. The van der Waals surface area contributed by atoms with Crippen LogP contribution in [0.2, 0.25) is 10.0 Å². The number of rotatable bonds is 2. The molecule has 0 saturated carbocycles. The predicted molar refractivity (Wildman–Crippen MR) is 74.9 cm³/mol. The molecule has 4 heteroatoms. The summed E-state index contributed by atoms with van der Waals surface area (Å²) in [4.78, 5) is 0. The summed E-state index contributed by atoms with van der Waals surface area (Å²) in [5.41, 5.74) is 7.49. The maximum Gasteiger partial charge on any atom is 0.149 e. The summed E-state index contributed by atoms with van der Waals surface area (Å²) in [5, 5.41) is 0.702.